The molecule has 3 aliphatic rings. The van der Waals surface area contributed by atoms with Crippen molar-refractivity contribution in [3.8, 4) is 17.2 Å². The molecule has 0 unspecified atom stereocenters. The van der Waals surface area contributed by atoms with Gasteiger partial charge in [-0.1, -0.05) is 19.9 Å². The SMILES string of the molecule is CC1(C)[C@H]2CC[C@@]1(c1ccnc(-n3cnc(C4(CO)COC4)n3)n1)c1nnc(-c3c(F)cccc3F)cc12. The van der Waals surface area contributed by atoms with Gasteiger partial charge in [0.25, 0.3) is 5.95 Å². The number of aromatic nitrogens is 7. The second kappa shape index (κ2) is 7.90. The fraction of sp³-hybridized carbons (Fsp3) is 0.407. The number of rotatable bonds is 5. The molecule has 1 saturated heterocycles. The smallest absolute Gasteiger partial charge is 0.252 e. The highest BCUT2D eigenvalue weighted by Gasteiger charge is 2.65. The average Bonchev–Trinajstić information content (AvgIpc) is 3.52. The van der Waals surface area contributed by atoms with Crippen LogP contribution in [-0.4, -0.2) is 59.9 Å². The normalized spacial score (nSPS) is 24.3. The molecule has 2 aliphatic carbocycles. The summed E-state index contributed by atoms with van der Waals surface area (Å²) in [6.45, 7) is 4.99. The summed E-state index contributed by atoms with van der Waals surface area (Å²) in [6, 6.07) is 7.47. The lowest BCUT2D eigenvalue weighted by Crippen LogP contribution is -2.50. The molecule has 11 heteroatoms. The molecule has 7 rings (SSSR count). The fourth-order valence-corrected chi connectivity index (χ4v) is 6.70. The molecule has 3 aromatic heterocycles. The molecule has 2 bridgehead atoms. The van der Waals surface area contributed by atoms with Crippen molar-refractivity contribution in [1.29, 1.82) is 0 Å². The van der Waals surface area contributed by atoms with E-state index in [0.717, 1.165) is 29.8 Å². The molecule has 38 heavy (non-hydrogen) atoms. The van der Waals surface area contributed by atoms with Gasteiger partial charge in [0.2, 0.25) is 0 Å². The summed E-state index contributed by atoms with van der Waals surface area (Å²) in [7, 11) is 0. The van der Waals surface area contributed by atoms with Crippen LogP contribution in [0.2, 0.25) is 0 Å². The lowest BCUT2D eigenvalue weighted by Gasteiger charge is -2.37. The maximum Gasteiger partial charge on any atom is 0.252 e. The summed E-state index contributed by atoms with van der Waals surface area (Å²) in [5.74, 6) is -0.360. The number of fused-ring (bicyclic) bond motifs is 5. The van der Waals surface area contributed by atoms with Crippen LogP contribution in [0.3, 0.4) is 0 Å². The molecule has 1 aromatic carbocycles. The first kappa shape index (κ1) is 23.4. The number of aliphatic hydroxyl groups is 1. The van der Waals surface area contributed by atoms with Crippen molar-refractivity contribution < 1.29 is 18.6 Å². The Morgan fingerprint density at radius 3 is 2.61 bits per heavy atom. The first-order valence-electron chi connectivity index (χ1n) is 12.6. The van der Waals surface area contributed by atoms with Crippen LogP contribution in [0.4, 0.5) is 8.78 Å². The molecule has 0 amide bonds. The van der Waals surface area contributed by atoms with E-state index in [0.29, 0.717) is 25.0 Å². The zero-order valence-electron chi connectivity index (χ0n) is 20.9. The van der Waals surface area contributed by atoms with E-state index in [1.165, 1.54) is 22.9 Å². The maximum absolute atomic E-state index is 14.5. The van der Waals surface area contributed by atoms with E-state index in [4.69, 9.17) is 9.72 Å². The summed E-state index contributed by atoms with van der Waals surface area (Å²) >= 11 is 0. The molecule has 4 aromatic rings. The number of hydrogen-bond donors (Lipinski definition) is 1. The molecule has 1 N–H and O–H groups in total. The predicted molar refractivity (Wildman–Crippen MR) is 130 cm³/mol. The van der Waals surface area contributed by atoms with E-state index < -0.39 is 22.5 Å². The number of nitrogens with zero attached hydrogens (tertiary/aromatic N) is 7. The van der Waals surface area contributed by atoms with Crippen molar-refractivity contribution in [2.45, 2.75) is 43.4 Å². The van der Waals surface area contributed by atoms with Crippen LogP contribution < -0.4 is 0 Å². The molecule has 2 atom stereocenters. The molecule has 194 valence electrons. The van der Waals surface area contributed by atoms with Crippen LogP contribution in [0.25, 0.3) is 17.2 Å². The molecule has 1 aliphatic heterocycles. The van der Waals surface area contributed by atoms with Crippen LogP contribution in [0.15, 0.2) is 42.9 Å². The number of ether oxygens (including phenoxy) is 1. The van der Waals surface area contributed by atoms with Gasteiger partial charge in [-0.3, -0.25) is 0 Å². The first-order valence-corrected chi connectivity index (χ1v) is 12.6. The van der Waals surface area contributed by atoms with Gasteiger partial charge in [0, 0.05) is 6.20 Å². The second-order valence-electron chi connectivity index (χ2n) is 11.0. The average molecular weight is 518 g/mol. The van der Waals surface area contributed by atoms with Gasteiger partial charge >= 0.3 is 0 Å². The Kier molecular flexibility index (Phi) is 4.87. The van der Waals surface area contributed by atoms with Gasteiger partial charge in [-0.05, 0) is 54.0 Å². The van der Waals surface area contributed by atoms with Crippen LogP contribution >= 0.6 is 0 Å². The van der Waals surface area contributed by atoms with E-state index in [2.05, 4.69) is 39.1 Å². The van der Waals surface area contributed by atoms with Crippen molar-refractivity contribution in [3.63, 3.8) is 0 Å². The van der Waals surface area contributed by atoms with Crippen molar-refractivity contribution in [2.75, 3.05) is 19.8 Å². The third-order valence-corrected chi connectivity index (χ3v) is 8.91. The Morgan fingerprint density at radius 2 is 1.89 bits per heavy atom. The molecular weight excluding hydrogens is 492 g/mol. The number of hydrogen-bond acceptors (Lipinski definition) is 8. The molecule has 4 heterocycles. The number of aliphatic hydroxyl groups excluding tert-OH is 1. The summed E-state index contributed by atoms with van der Waals surface area (Å²) in [5.41, 5.74) is 1.11. The maximum atomic E-state index is 14.5. The van der Waals surface area contributed by atoms with E-state index in [-0.39, 0.29) is 29.2 Å². The third-order valence-electron chi connectivity index (χ3n) is 8.91. The minimum Gasteiger partial charge on any atom is -0.395 e. The molecule has 1 saturated carbocycles. The molecule has 9 nitrogen and oxygen atoms in total. The highest BCUT2D eigenvalue weighted by molar-refractivity contribution is 5.64. The van der Waals surface area contributed by atoms with Crippen molar-refractivity contribution in [3.05, 3.63) is 77.3 Å². The van der Waals surface area contributed by atoms with E-state index in [9.17, 15) is 13.9 Å². The summed E-state index contributed by atoms with van der Waals surface area (Å²) in [6.07, 6.45) is 4.93. The van der Waals surface area contributed by atoms with Crippen LogP contribution in [0.5, 0.6) is 0 Å². The van der Waals surface area contributed by atoms with Crippen LogP contribution in [-0.2, 0) is 15.6 Å². The highest BCUT2D eigenvalue weighted by Crippen LogP contribution is 2.69. The Labute approximate surface area is 217 Å². The first-order chi connectivity index (χ1) is 18.3. The Bertz CT molecular complexity index is 1560. The van der Waals surface area contributed by atoms with Gasteiger partial charge in [0.15, 0.2) is 5.82 Å². The van der Waals surface area contributed by atoms with Gasteiger partial charge in [-0.15, -0.1) is 10.2 Å². The van der Waals surface area contributed by atoms with Crippen molar-refractivity contribution in [1.82, 2.24) is 34.9 Å². The molecule has 2 fully saturated rings. The largest absolute Gasteiger partial charge is 0.395 e. The predicted octanol–water partition coefficient (Wildman–Crippen LogP) is 3.26. The monoisotopic (exact) mass is 517 g/mol. The zero-order chi connectivity index (χ0) is 26.3. The highest BCUT2D eigenvalue weighted by atomic mass is 19.1. The van der Waals surface area contributed by atoms with Crippen molar-refractivity contribution in [2.24, 2.45) is 5.41 Å². The molecule has 0 spiro atoms. The lowest BCUT2D eigenvalue weighted by molar-refractivity contribution is -0.0883. The third kappa shape index (κ3) is 2.91. The van der Waals surface area contributed by atoms with Gasteiger partial charge < -0.3 is 9.84 Å². The van der Waals surface area contributed by atoms with E-state index >= 15 is 0 Å². The van der Waals surface area contributed by atoms with Crippen LogP contribution in [0.1, 0.15) is 55.4 Å². The van der Waals surface area contributed by atoms with Crippen LogP contribution in [0, 0.1) is 17.0 Å². The van der Waals surface area contributed by atoms with Gasteiger partial charge in [-0.2, -0.15) is 9.78 Å². The Morgan fingerprint density at radius 1 is 1.11 bits per heavy atom. The molecule has 0 radical (unpaired) electrons. The fourth-order valence-electron chi connectivity index (χ4n) is 6.70. The Hall–Kier alpha value is -3.70. The van der Waals surface area contributed by atoms with Gasteiger partial charge in [0.1, 0.15) is 23.4 Å². The second-order valence-corrected chi connectivity index (χ2v) is 11.0. The lowest BCUT2D eigenvalue weighted by atomic mass is 9.66. The zero-order valence-corrected chi connectivity index (χ0v) is 20.9. The topological polar surface area (TPSA) is 112 Å². The van der Waals surface area contributed by atoms with E-state index in [1.807, 2.05) is 6.07 Å². The van der Waals surface area contributed by atoms with Gasteiger partial charge in [-0.25, -0.2) is 23.7 Å². The Balaban J connectivity index is 1.32. The summed E-state index contributed by atoms with van der Waals surface area (Å²) in [4.78, 5) is 13.8. The standard InChI is InChI=1S/C27H25F2N7O2/c1-25(2)16-6-8-27(25,22-15(16)10-19(33-34-22)21-17(28)4-3-5-18(21)29)20-7-9-30-24(32-20)36-14-31-23(35-36)26(11-37)12-38-13-26/h3-5,7,9-10,14,16,37H,6,8,11-13H2,1-2H3/t16-,27+/m0/s1. The number of benzene rings is 1. The molecular formula is C27H25F2N7O2. The van der Waals surface area contributed by atoms with Crippen molar-refractivity contribution >= 4 is 0 Å². The quantitative estimate of drug-likeness (QED) is 0.430. The summed E-state index contributed by atoms with van der Waals surface area (Å²) in [5, 5.41) is 23.3. The minimum atomic E-state index is -0.666. The minimum absolute atomic E-state index is 0.106. The summed E-state index contributed by atoms with van der Waals surface area (Å²) < 4.78 is 35.9. The van der Waals surface area contributed by atoms with E-state index in [1.54, 1.807) is 18.6 Å². The number of halogens is 2. The van der Waals surface area contributed by atoms with Gasteiger partial charge in [0.05, 0.1) is 47.9 Å².